The molecular formula is C11H17NO6. The van der Waals surface area contributed by atoms with Gasteiger partial charge < -0.3 is 18.9 Å². The van der Waals surface area contributed by atoms with E-state index in [-0.39, 0.29) is 5.92 Å². The molecule has 7 nitrogen and oxygen atoms in total. The van der Waals surface area contributed by atoms with E-state index in [4.69, 9.17) is 18.9 Å². The van der Waals surface area contributed by atoms with Crippen LogP contribution in [0.5, 0.6) is 0 Å². The van der Waals surface area contributed by atoms with E-state index in [0.29, 0.717) is 12.3 Å². The second-order valence-electron chi connectivity index (χ2n) is 4.01. The van der Waals surface area contributed by atoms with Gasteiger partial charge in [-0.1, -0.05) is 20.4 Å². The zero-order valence-corrected chi connectivity index (χ0v) is 10.6. The van der Waals surface area contributed by atoms with E-state index < -0.39 is 24.8 Å². The summed E-state index contributed by atoms with van der Waals surface area (Å²) in [5.41, 5.74) is 0. The molecule has 102 valence electrons. The number of rotatable bonds is 4. The Hall–Kier alpha value is -1.76. The first kappa shape index (κ1) is 14.3. The van der Waals surface area contributed by atoms with Crippen LogP contribution >= 0.6 is 0 Å². The first-order valence-electron chi connectivity index (χ1n) is 5.54. The number of hydrogen-bond acceptors (Lipinski definition) is 7. The summed E-state index contributed by atoms with van der Waals surface area (Å²) < 4.78 is 19.3. The summed E-state index contributed by atoms with van der Waals surface area (Å²) in [6.45, 7) is 8.72. The molecule has 0 spiro atoms. The van der Waals surface area contributed by atoms with E-state index in [9.17, 15) is 9.59 Å². The van der Waals surface area contributed by atoms with Crippen molar-refractivity contribution in [3.05, 3.63) is 12.3 Å². The lowest BCUT2D eigenvalue weighted by molar-refractivity contribution is -0.176. The van der Waals surface area contributed by atoms with Crippen molar-refractivity contribution < 1.29 is 28.5 Å². The number of nitrogens with one attached hydrogen (secondary N) is 1. The topological polar surface area (TPSA) is 83.1 Å². The Morgan fingerprint density at radius 2 is 2.06 bits per heavy atom. The fourth-order valence-corrected chi connectivity index (χ4v) is 1.07. The van der Waals surface area contributed by atoms with Crippen molar-refractivity contribution in [1.82, 2.24) is 5.32 Å². The van der Waals surface area contributed by atoms with Crippen LogP contribution in [0.1, 0.15) is 20.8 Å². The lowest BCUT2D eigenvalue weighted by atomic mass is 10.2. The molecule has 0 aromatic carbocycles. The highest BCUT2D eigenvalue weighted by Crippen LogP contribution is 2.09. The van der Waals surface area contributed by atoms with Crippen molar-refractivity contribution in [2.45, 2.75) is 33.5 Å². The molecule has 2 unspecified atom stereocenters. The fourth-order valence-electron chi connectivity index (χ4n) is 1.07. The van der Waals surface area contributed by atoms with Crippen LogP contribution in [0.15, 0.2) is 12.3 Å². The van der Waals surface area contributed by atoms with E-state index >= 15 is 0 Å². The van der Waals surface area contributed by atoms with Gasteiger partial charge in [-0.2, -0.15) is 0 Å². The first-order chi connectivity index (χ1) is 8.38. The number of carbonyl (C=O) groups excluding carboxylic acids is 2. The normalized spacial score (nSPS) is 20.2. The molecule has 1 aliphatic rings. The van der Waals surface area contributed by atoms with Crippen molar-refractivity contribution in [3.63, 3.8) is 0 Å². The SMILES string of the molecule is C=C1CNC(OC(=O)OC(C)OC(=O)C(C)C)O1. The third-order valence-corrected chi connectivity index (χ3v) is 1.96. The summed E-state index contributed by atoms with van der Waals surface area (Å²) in [5.74, 6) is -0.291. The zero-order valence-electron chi connectivity index (χ0n) is 10.6. The van der Waals surface area contributed by atoms with Gasteiger partial charge in [-0.05, 0) is 0 Å². The van der Waals surface area contributed by atoms with Gasteiger partial charge in [0.15, 0.2) is 0 Å². The van der Waals surface area contributed by atoms with Gasteiger partial charge in [-0.25, -0.2) is 10.1 Å². The minimum atomic E-state index is -1.02. The van der Waals surface area contributed by atoms with Gasteiger partial charge >= 0.3 is 18.5 Å². The zero-order chi connectivity index (χ0) is 13.7. The van der Waals surface area contributed by atoms with Crippen LogP contribution in [0.25, 0.3) is 0 Å². The maximum absolute atomic E-state index is 11.3. The molecule has 0 saturated carbocycles. The average Bonchev–Trinajstić information content (AvgIpc) is 2.62. The van der Waals surface area contributed by atoms with Crippen molar-refractivity contribution >= 4 is 12.1 Å². The lowest BCUT2D eigenvalue weighted by Gasteiger charge is -2.16. The molecule has 1 N–H and O–H groups in total. The molecule has 1 fully saturated rings. The molecule has 1 aliphatic heterocycles. The van der Waals surface area contributed by atoms with Crippen molar-refractivity contribution in [2.24, 2.45) is 5.92 Å². The van der Waals surface area contributed by atoms with E-state index in [0.717, 1.165) is 0 Å². The molecule has 2 atom stereocenters. The molecule has 0 aliphatic carbocycles. The minimum Gasteiger partial charge on any atom is -0.445 e. The van der Waals surface area contributed by atoms with Gasteiger partial charge in [-0.15, -0.1) is 0 Å². The van der Waals surface area contributed by atoms with Crippen molar-refractivity contribution in [1.29, 1.82) is 0 Å². The molecule has 1 saturated heterocycles. The molecule has 0 aromatic rings. The average molecular weight is 259 g/mol. The van der Waals surface area contributed by atoms with Gasteiger partial charge in [0, 0.05) is 6.92 Å². The number of carbonyl (C=O) groups is 2. The van der Waals surface area contributed by atoms with Gasteiger partial charge in [0.25, 0.3) is 0 Å². The summed E-state index contributed by atoms with van der Waals surface area (Å²) in [5, 5.41) is 2.72. The molecule has 1 heterocycles. The molecule has 18 heavy (non-hydrogen) atoms. The largest absolute Gasteiger partial charge is 0.515 e. The second-order valence-corrected chi connectivity index (χ2v) is 4.01. The third-order valence-electron chi connectivity index (χ3n) is 1.96. The molecule has 0 radical (unpaired) electrons. The Balaban J connectivity index is 2.27. The maximum Gasteiger partial charge on any atom is 0.515 e. The number of ether oxygens (including phenoxy) is 4. The van der Waals surface area contributed by atoms with Gasteiger partial charge in [0.05, 0.1) is 12.5 Å². The van der Waals surface area contributed by atoms with Crippen LogP contribution in [0, 0.1) is 5.92 Å². The Bertz CT molecular complexity index is 340. The summed E-state index contributed by atoms with van der Waals surface area (Å²) >= 11 is 0. The van der Waals surface area contributed by atoms with Gasteiger partial charge in [-0.3, -0.25) is 4.79 Å². The maximum atomic E-state index is 11.3. The van der Waals surface area contributed by atoms with Crippen LogP contribution in [-0.4, -0.2) is 31.4 Å². The predicted octanol–water partition coefficient (Wildman–Crippen LogP) is 1.10. The van der Waals surface area contributed by atoms with Crippen LogP contribution < -0.4 is 5.32 Å². The Morgan fingerprint density at radius 1 is 1.39 bits per heavy atom. The third kappa shape index (κ3) is 4.62. The van der Waals surface area contributed by atoms with Gasteiger partial charge in [0.2, 0.25) is 6.29 Å². The summed E-state index contributed by atoms with van der Waals surface area (Å²) in [6, 6.07) is 0. The molecule has 1 rings (SSSR count). The smallest absolute Gasteiger partial charge is 0.445 e. The standard InChI is InChI=1S/C11H17NO6/c1-6(2)9(13)16-8(4)17-11(14)18-10-12-5-7(3)15-10/h6,8,10,12H,3,5H2,1-2,4H3. The number of esters is 1. The molecule has 7 heteroatoms. The number of hydrogen-bond donors (Lipinski definition) is 1. The first-order valence-corrected chi connectivity index (χ1v) is 5.54. The Labute approximate surface area is 105 Å². The van der Waals surface area contributed by atoms with Crippen LogP contribution in [0.3, 0.4) is 0 Å². The molecular weight excluding hydrogens is 242 g/mol. The summed E-state index contributed by atoms with van der Waals surface area (Å²) in [4.78, 5) is 22.5. The quantitative estimate of drug-likeness (QED) is 0.598. The minimum absolute atomic E-state index is 0.296. The highest BCUT2D eigenvalue weighted by molar-refractivity contribution is 5.71. The van der Waals surface area contributed by atoms with Crippen LogP contribution in [0.2, 0.25) is 0 Å². The fraction of sp³-hybridized carbons (Fsp3) is 0.636. The molecule has 0 bridgehead atoms. The van der Waals surface area contributed by atoms with E-state index in [1.54, 1.807) is 13.8 Å². The van der Waals surface area contributed by atoms with Crippen LogP contribution in [-0.2, 0) is 23.7 Å². The molecule has 0 amide bonds. The van der Waals surface area contributed by atoms with E-state index in [2.05, 4.69) is 11.9 Å². The highest BCUT2D eigenvalue weighted by Gasteiger charge is 2.25. The predicted molar refractivity (Wildman–Crippen MR) is 60.0 cm³/mol. The monoisotopic (exact) mass is 259 g/mol. The van der Waals surface area contributed by atoms with Crippen LogP contribution in [0.4, 0.5) is 4.79 Å². The van der Waals surface area contributed by atoms with Crippen molar-refractivity contribution in [2.75, 3.05) is 6.54 Å². The van der Waals surface area contributed by atoms with Crippen molar-refractivity contribution in [3.8, 4) is 0 Å². The highest BCUT2D eigenvalue weighted by atomic mass is 16.8. The van der Waals surface area contributed by atoms with E-state index in [1.807, 2.05) is 0 Å². The Kier molecular flexibility index (Phi) is 4.96. The van der Waals surface area contributed by atoms with Gasteiger partial charge in [0.1, 0.15) is 5.76 Å². The van der Waals surface area contributed by atoms with E-state index in [1.165, 1.54) is 6.92 Å². The molecule has 0 aromatic heterocycles. The lowest BCUT2D eigenvalue weighted by Crippen LogP contribution is -2.31. The summed E-state index contributed by atoms with van der Waals surface area (Å²) in [6.07, 6.45) is -2.93. The Morgan fingerprint density at radius 3 is 2.56 bits per heavy atom. The second kappa shape index (κ2) is 6.25. The summed E-state index contributed by atoms with van der Waals surface area (Å²) in [7, 11) is 0.